The summed E-state index contributed by atoms with van der Waals surface area (Å²) >= 11 is 7.52. The average molecular weight is 344 g/mol. The molecule has 3 nitrogen and oxygen atoms in total. The molecule has 0 bridgehead atoms. The molecule has 0 saturated heterocycles. The molecule has 0 N–H and O–H groups in total. The van der Waals surface area contributed by atoms with E-state index >= 15 is 0 Å². The zero-order valence-electron chi connectivity index (χ0n) is 12.2. The molecule has 0 radical (unpaired) electrons. The minimum absolute atomic E-state index is 0.0662. The van der Waals surface area contributed by atoms with E-state index in [0.29, 0.717) is 10.7 Å². The van der Waals surface area contributed by atoms with E-state index in [1.54, 1.807) is 17.8 Å². The number of halogens is 1. The van der Waals surface area contributed by atoms with Crippen LogP contribution in [0, 0.1) is 0 Å². The molecule has 2 aromatic rings. The van der Waals surface area contributed by atoms with Gasteiger partial charge in [0.2, 0.25) is 5.91 Å². The van der Waals surface area contributed by atoms with Gasteiger partial charge < -0.3 is 0 Å². The van der Waals surface area contributed by atoms with E-state index in [1.807, 2.05) is 42.5 Å². The molecule has 0 aliphatic carbocycles. The van der Waals surface area contributed by atoms with E-state index in [9.17, 15) is 9.59 Å². The molecule has 23 heavy (non-hydrogen) atoms. The van der Waals surface area contributed by atoms with Crippen molar-refractivity contribution in [1.82, 2.24) is 0 Å². The van der Waals surface area contributed by atoms with Gasteiger partial charge in [0.1, 0.15) is 0 Å². The van der Waals surface area contributed by atoms with Crippen molar-refractivity contribution in [1.29, 1.82) is 0 Å². The molecule has 1 aliphatic heterocycles. The molecule has 2 aromatic carbocycles. The number of hydrogen-bond donors (Lipinski definition) is 0. The molecule has 0 spiro atoms. The largest absolute Gasteiger partial charge is 0.274 e. The summed E-state index contributed by atoms with van der Waals surface area (Å²) in [5.74, 6) is -0.632. The number of benzene rings is 2. The molecule has 116 valence electrons. The second-order valence-corrected chi connectivity index (χ2v) is 6.78. The first-order valence-corrected chi connectivity index (χ1v) is 8.36. The van der Waals surface area contributed by atoms with Crippen LogP contribution in [-0.2, 0) is 9.59 Å². The van der Waals surface area contributed by atoms with Crippen molar-refractivity contribution < 1.29 is 9.59 Å². The van der Waals surface area contributed by atoms with Crippen LogP contribution in [0.3, 0.4) is 0 Å². The van der Waals surface area contributed by atoms with Crippen LogP contribution in [-0.4, -0.2) is 11.8 Å². The Morgan fingerprint density at radius 1 is 1.22 bits per heavy atom. The lowest BCUT2D eigenvalue weighted by molar-refractivity contribution is -0.124. The van der Waals surface area contributed by atoms with E-state index in [1.165, 1.54) is 11.0 Å². The van der Waals surface area contributed by atoms with Crippen molar-refractivity contribution in [2.24, 2.45) is 0 Å². The van der Waals surface area contributed by atoms with Crippen LogP contribution in [0.4, 0.5) is 5.69 Å². The van der Waals surface area contributed by atoms with Crippen molar-refractivity contribution in [2.75, 3.05) is 4.90 Å². The summed E-state index contributed by atoms with van der Waals surface area (Å²) in [4.78, 5) is 26.9. The average Bonchev–Trinajstić information content (AvgIpc) is 2.70. The van der Waals surface area contributed by atoms with Gasteiger partial charge in [-0.1, -0.05) is 42.4 Å². The van der Waals surface area contributed by atoms with E-state index in [2.05, 4.69) is 6.58 Å². The van der Waals surface area contributed by atoms with Gasteiger partial charge >= 0.3 is 0 Å². The summed E-state index contributed by atoms with van der Waals surface area (Å²) in [6, 6.07) is 14.9. The van der Waals surface area contributed by atoms with E-state index in [4.69, 9.17) is 11.6 Å². The second kappa shape index (κ2) is 6.60. The maximum absolute atomic E-state index is 12.6. The Kier molecular flexibility index (Phi) is 4.55. The topological polar surface area (TPSA) is 37.4 Å². The molecule has 0 aromatic heterocycles. The lowest BCUT2D eigenvalue weighted by Crippen LogP contribution is -2.35. The maximum atomic E-state index is 12.6. The normalized spacial score (nSPS) is 17.3. The van der Waals surface area contributed by atoms with Crippen LogP contribution in [0.25, 0.3) is 0 Å². The number of imide groups is 1. The minimum atomic E-state index is -0.403. The number of hydrogen-bond acceptors (Lipinski definition) is 3. The second-order valence-electron chi connectivity index (χ2n) is 5.10. The predicted octanol–water partition coefficient (Wildman–Crippen LogP) is 4.62. The highest BCUT2D eigenvalue weighted by Gasteiger charge is 2.31. The molecule has 1 atom stereocenters. The molecular weight excluding hydrogens is 330 g/mol. The van der Waals surface area contributed by atoms with Gasteiger partial charge in [-0.15, -0.1) is 11.8 Å². The number of para-hydroxylation sites is 1. The zero-order chi connectivity index (χ0) is 16.4. The number of carbonyl (C=O) groups excluding carboxylic acids is 2. The number of carbonyl (C=O) groups is 2. The third-order valence-electron chi connectivity index (χ3n) is 3.62. The molecule has 1 heterocycles. The first kappa shape index (κ1) is 15.8. The van der Waals surface area contributed by atoms with E-state index in [-0.39, 0.29) is 17.6 Å². The molecule has 3 rings (SSSR count). The molecule has 5 heteroatoms. The van der Waals surface area contributed by atoms with Gasteiger partial charge in [0.25, 0.3) is 5.91 Å². The molecular formula is C18H14ClNO2S. The Balaban J connectivity index is 2.04. The Hall–Kier alpha value is -2.04. The van der Waals surface area contributed by atoms with E-state index in [0.717, 1.165) is 10.5 Å². The summed E-state index contributed by atoms with van der Waals surface area (Å²) in [6.45, 7) is 3.50. The molecule has 0 saturated carbocycles. The lowest BCUT2D eigenvalue weighted by Gasteiger charge is -2.18. The number of thioether (sulfide) groups is 1. The summed E-state index contributed by atoms with van der Waals surface area (Å²) in [7, 11) is 0. The molecule has 2 amide bonds. The van der Waals surface area contributed by atoms with Crippen LogP contribution < -0.4 is 4.90 Å². The van der Waals surface area contributed by atoms with Gasteiger partial charge in [-0.2, -0.15) is 0 Å². The fourth-order valence-corrected chi connectivity index (χ4v) is 3.91. The van der Waals surface area contributed by atoms with E-state index < -0.39 is 5.91 Å². The number of fused-ring (bicyclic) bond motifs is 1. The Morgan fingerprint density at radius 3 is 2.61 bits per heavy atom. The van der Waals surface area contributed by atoms with Crippen molar-refractivity contribution in [3.63, 3.8) is 0 Å². The smallest absolute Gasteiger partial charge is 0.257 e. The number of anilines is 1. The number of amides is 2. The Labute approximate surface area is 143 Å². The summed E-state index contributed by atoms with van der Waals surface area (Å²) < 4.78 is 0. The highest BCUT2D eigenvalue weighted by molar-refractivity contribution is 7.99. The summed E-state index contributed by atoms with van der Waals surface area (Å²) in [5.41, 5.74) is 1.62. The van der Waals surface area contributed by atoms with Gasteiger partial charge in [-0.25, -0.2) is 4.90 Å². The number of rotatable bonds is 2. The minimum Gasteiger partial charge on any atom is -0.274 e. The van der Waals surface area contributed by atoms with Gasteiger partial charge in [0.05, 0.1) is 5.69 Å². The highest BCUT2D eigenvalue weighted by Crippen LogP contribution is 2.45. The monoisotopic (exact) mass is 343 g/mol. The zero-order valence-corrected chi connectivity index (χ0v) is 13.8. The molecule has 0 fully saturated rings. The van der Waals surface area contributed by atoms with Gasteiger partial charge in [0.15, 0.2) is 0 Å². The molecule has 1 aliphatic rings. The third kappa shape index (κ3) is 3.19. The summed E-state index contributed by atoms with van der Waals surface area (Å²) in [6.07, 6.45) is 1.41. The predicted molar refractivity (Wildman–Crippen MR) is 93.8 cm³/mol. The first-order chi connectivity index (χ1) is 11.1. The fraction of sp³-hybridized carbons (Fsp3) is 0.111. The van der Waals surface area contributed by atoms with Crippen LogP contribution in [0.1, 0.15) is 17.2 Å². The van der Waals surface area contributed by atoms with Crippen LogP contribution in [0.15, 0.2) is 66.1 Å². The third-order valence-corrected chi connectivity index (χ3v) is 5.20. The van der Waals surface area contributed by atoms with Crippen molar-refractivity contribution in [3.8, 4) is 0 Å². The van der Waals surface area contributed by atoms with Crippen LogP contribution in [0.5, 0.6) is 0 Å². The van der Waals surface area contributed by atoms with Gasteiger partial charge in [0, 0.05) is 21.6 Å². The quantitative estimate of drug-likeness (QED) is 0.746. The van der Waals surface area contributed by atoms with Crippen LogP contribution >= 0.6 is 23.4 Å². The van der Waals surface area contributed by atoms with Crippen molar-refractivity contribution in [3.05, 3.63) is 71.8 Å². The number of nitrogens with zero attached hydrogens (tertiary/aromatic N) is 1. The Bertz CT molecular complexity index is 773. The maximum Gasteiger partial charge on any atom is 0.257 e. The van der Waals surface area contributed by atoms with Gasteiger partial charge in [-0.05, 0) is 35.9 Å². The van der Waals surface area contributed by atoms with Crippen LogP contribution in [0.2, 0.25) is 5.02 Å². The lowest BCUT2D eigenvalue weighted by atomic mass is 10.1. The SMILES string of the molecule is C=CC(=O)N1C(=O)CC(c2ccc(Cl)cc2)Sc2ccccc21. The Morgan fingerprint density at radius 2 is 1.91 bits per heavy atom. The van der Waals surface area contributed by atoms with Crippen molar-refractivity contribution in [2.45, 2.75) is 16.6 Å². The standard InChI is InChI=1S/C18H14ClNO2S/c1-2-17(21)20-14-5-3-4-6-15(14)23-16(11-18(20)22)12-7-9-13(19)10-8-12/h2-10,16H,1,11H2. The highest BCUT2D eigenvalue weighted by atomic mass is 35.5. The first-order valence-electron chi connectivity index (χ1n) is 7.10. The molecule has 1 unspecified atom stereocenters. The fourth-order valence-electron chi connectivity index (χ4n) is 2.52. The summed E-state index contributed by atoms with van der Waals surface area (Å²) in [5, 5.41) is 0.589. The van der Waals surface area contributed by atoms with Gasteiger partial charge in [-0.3, -0.25) is 9.59 Å². The van der Waals surface area contributed by atoms with Crippen molar-refractivity contribution >= 4 is 40.9 Å².